The van der Waals surface area contributed by atoms with Gasteiger partial charge in [0.05, 0.1) is 0 Å². The van der Waals surface area contributed by atoms with Crippen LogP contribution in [0.4, 0.5) is 0 Å². The molecule has 1 N–H and O–H groups in total. The van der Waals surface area contributed by atoms with Crippen LogP contribution in [-0.4, -0.2) is 15.6 Å². The monoisotopic (exact) mass is 251 g/mol. The number of fused-ring (bicyclic) bond motifs is 1. The molecule has 0 aliphatic rings. The first-order valence-corrected chi connectivity index (χ1v) is 5.41. The van der Waals surface area contributed by atoms with Crippen LogP contribution >= 0.6 is 11.6 Å². The lowest BCUT2D eigenvalue weighted by atomic mass is 10.1. The van der Waals surface area contributed by atoms with Crippen LogP contribution in [0.1, 0.15) is 13.0 Å². The highest BCUT2D eigenvalue weighted by Gasteiger charge is 2.15. The maximum Gasteiger partial charge on any atom is 0.326 e. The van der Waals surface area contributed by atoms with Crippen molar-refractivity contribution in [3.05, 3.63) is 45.8 Å². The number of hydrogen-bond acceptors (Lipinski definition) is 2. The highest BCUT2D eigenvalue weighted by atomic mass is 35.5. The number of aliphatic carboxylic acids is 1. The summed E-state index contributed by atoms with van der Waals surface area (Å²) >= 11 is 5.82. The van der Waals surface area contributed by atoms with Gasteiger partial charge in [0.15, 0.2) is 0 Å². The molecule has 5 heteroatoms. The van der Waals surface area contributed by atoms with E-state index < -0.39 is 12.0 Å². The van der Waals surface area contributed by atoms with Gasteiger partial charge in [-0.15, -0.1) is 0 Å². The summed E-state index contributed by atoms with van der Waals surface area (Å²) in [4.78, 5) is 22.9. The van der Waals surface area contributed by atoms with E-state index in [2.05, 4.69) is 0 Å². The molecule has 0 amide bonds. The Morgan fingerprint density at radius 3 is 2.76 bits per heavy atom. The highest BCUT2D eigenvalue weighted by molar-refractivity contribution is 6.31. The van der Waals surface area contributed by atoms with Gasteiger partial charge < -0.3 is 9.67 Å². The average Bonchev–Trinajstić information content (AvgIpc) is 2.28. The summed E-state index contributed by atoms with van der Waals surface area (Å²) in [5, 5.41) is 10.6. The summed E-state index contributed by atoms with van der Waals surface area (Å²) in [6.07, 6.45) is 1.47. The number of benzene rings is 1. The molecule has 0 fully saturated rings. The summed E-state index contributed by atoms with van der Waals surface area (Å²) in [6, 6.07) is 5.69. The maximum atomic E-state index is 12.0. The molecular weight excluding hydrogens is 242 g/mol. The molecule has 2 aromatic rings. The fraction of sp³-hybridized carbons (Fsp3) is 0.167. The van der Waals surface area contributed by atoms with Gasteiger partial charge in [0.2, 0.25) is 0 Å². The van der Waals surface area contributed by atoms with Crippen molar-refractivity contribution in [3.8, 4) is 0 Å². The number of carboxylic acid groups (broad SMARTS) is 1. The van der Waals surface area contributed by atoms with E-state index in [1.165, 1.54) is 17.7 Å². The van der Waals surface area contributed by atoms with Gasteiger partial charge in [0.1, 0.15) is 6.04 Å². The van der Waals surface area contributed by atoms with Crippen molar-refractivity contribution in [1.29, 1.82) is 0 Å². The van der Waals surface area contributed by atoms with Gasteiger partial charge in [-0.05, 0) is 36.6 Å². The summed E-state index contributed by atoms with van der Waals surface area (Å²) in [5.74, 6) is -1.04. The van der Waals surface area contributed by atoms with Crippen molar-refractivity contribution >= 4 is 28.3 Å². The Morgan fingerprint density at radius 1 is 1.41 bits per heavy atom. The van der Waals surface area contributed by atoms with Crippen molar-refractivity contribution in [3.63, 3.8) is 0 Å². The number of carbonyl (C=O) groups is 1. The fourth-order valence-electron chi connectivity index (χ4n) is 1.66. The van der Waals surface area contributed by atoms with Gasteiger partial charge in [0.25, 0.3) is 5.56 Å². The number of aromatic nitrogens is 1. The van der Waals surface area contributed by atoms with E-state index in [9.17, 15) is 9.59 Å². The SMILES string of the molecule is C[C@H](C(=O)O)n1ccc2cc(Cl)ccc2c1=O. The smallest absolute Gasteiger partial charge is 0.326 e. The molecule has 0 unspecified atom stereocenters. The first kappa shape index (κ1) is 11.7. The molecule has 0 saturated carbocycles. The van der Waals surface area contributed by atoms with E-state index in [0.29, 0.717) is 15.8 Å². The number of nitrogens with zero attached hydrogens (tertiary/aromatic N) is 1. The molecule has 0 bridgehead atoms. The minimum atomic E-state index is -1.04. The largest absolute Gasteiger partial charge is 0.480 e. The minimum Gasteiger partial charge on any atom is -0.480 e. The molecule has 0 spiro atoms. The van der Waals surface area contributed by atoms with Gasteiger partial charge in [-0.3, -0.25) is 4.79 Å². The van der Waals surface area contributed by atoms with E-state index in [4.69, 9.17) is 16.7 Å². The molecule has 17 heavy (non-hydrogen) atoms. The van der Waals surface area contributed by atoms with Gasteiger partial charge >= 0.3 is 5.97 Å². The third kappa shape index (κ3) is 2.03. The van der Waals surface area contributed by atoms with Crippen LogP contribution in [0.5, 0.6) is 0 Å². The molecule has 1 aromatic heterocycles. The Kier molecular flexibility index (Phi) is 2.90. The molecule has 2 rings (SSSR count). The lowest BCUT2D eigenvalue weighted by Gasteiger charge is -2.11. The lowest BCUT2D eigenvalue weighted by Crippen LogP contribution is -2.27. The molecule has 0 aliphatic carbocycles. The molecule has 1 heterocycles. The van der Waals surface area contributed by atoms with Crippen LogP contribution in [0.3, 0.4) is 0 Å². The van der Waals surface area contributed by atoms with E-state index in [1.54, 1.807) is 24.3 Å². The van der Waals surface area contributed by atoms with Crippen LogP contribution < -0.4 is 5.56 Å². The van der Waals surface area contributed by atoms with Crippen molar-refractivity contribution in [1.82, 2.24) is 4.57 Å². The topological polar surface area (TPSA) is 59.3 Å². The molecule has 88 valence electrons. The van der Waals surface area contributed by atoms with Crippen LogP contribution in [0, 0.1) is 0 Å². The Labute approximate surface area is 102 Å². The van der Waals surface area contributed by atoms with Crippen LogP contribution in [-0.2, 0) is 4.79 Å². The molecule has 1 atom stereocenters. The van der Waals surface area contributed by atoms with Crippen molar-refractivity contribution < 1.29 is 9.90 Å². The molecule has 0 aliphatic heterocycles. The summed E-state index contributed by atoms with van der Waals surface area (Å²) < 4.78 is 1.19. The van der Waals surface area contributed by atoms with E-state index in [1.807, 2.05) is 0 Å². The van der Waals surface area contributed by atoms with Gasteiger partial charge in [0, 0.05) is 16.6 Å². The third-order valence-electron chi connectivity index (χ3n) is 2.67. The standard InChI is InChI=1S/C12H10ClNO3/c1-7(12(16)17)14-5-4-8-6-9(13)2-3-10(8)11(14)15/h2-7H,1H3,(H,16,17)/t7-/m1/s1. The highest BCUT2D eigenvalue weighted by Crippen LogP contribution is 2.17. The second kappa shape index (κ2) is 4.22. The second-order valence-electron chi connectivity index (χ2n) is 3.77. The quantitative estimate of drug-likeness (QED) is 0.891. The van der Waals surface area contributed by atoms with E-state index >= 15 is 0 Å². The summed E-state index contributed by atoms with van der Waals surface area (Å²) in [5.41, 5.74) is -0.325. The van der Waals surface area contributed by atoms with Crippen LogP contribution in [0.25, 0.3) is 10.8 Å². The molecule has 4 nitrogen and oxygen atoms in total. The Hall–Kier alpha value is -1.81. The van der Waals surface area contributed by atoms with Crippen LogP contribution in [0.15, 0.2) is 35.3 Å². The fourth-order valence-corrected chi connectivity index (χ4v) is 1.84. The number of pyridine rings is 1. The summed E-state index contributed by atoms with van der Waals surface area (Å²) in [7, 11) is 0. The van der Waals surface area contributed by atoms with Crippen molar-refractivity contribution in [2.75, 3.05) is 0 Å². The molecule has 1 aromatic carbocycles. The molecule has 0 saturated heterocycles. The predicted octanol–water partition coefficient (Wildman–Crippen LogP) is 2.30. The normalized spacial score (nSPS) is 12.6. The van der Waals surface area contributed by atoms with Crippen LogP contribution in [0.2, 0.25) is 5.02 Å². The summed E-state index contributed by atoms with van der Waals surface area (Å²) in [6.45, 7) is 1.46. The van der Waals surface area contributed by atoms with Gasteiger partial charge in [-0.1, -0.05) is 11.6 Å². The number of carboxylic acids is 1. The van der Waals surface area contributed by atoms with Crippen molar-refractivity contribution in [2.45, 2.75) is 13.0 Å². The third-order valence-corrected chi connectivity index (χ3v) is 2.90. The zero-order valence-corrected chi connectivity index (χ0v) is 9.81. The van der Waals surface area contributed by atoms with Gasteiger partial charge in [-0.2, -0.15) is 0 Å². The zero-order valence-electron chi connectivity index (χ0n) is 9.05. The first-order chi connectivity index (χ1) is 8.00. The number of halogens is 1. The molecular formula is C12H10ClNO3. The predicted molar refractivity (Wildman–Crippen MR) is 65.6 cm³/mol. The Bertz CT molecular complexity index is 648. The first-order valence-electron chi connectivity index (χ1n) is 5.04. The molecule has 0 radical (unpaired) electrons. The van der Waals surface area contributed by atoms with E-state index in [0.717, 1.165) is 0 Å². The second-order valence-corrected chi connectivity index (χ2v) is 4.21. The van der Waals surface area contributed by atoms with E-state index in [-0.39, 0.29) is 5.56 Å². The zero-order chi connectivity index (χ0) is 12.6. The Balaban J connectivity index is 2.70. The lowest BCUT2D eigenvalue weighted by molar-refractivity contribution is -0.140. The Morgan fingerprint density at radius 2 is 2.12 bits per heavy atom. The maximum absolute atomic E-state index is 12.0. The minimum absolute atomic E-state index is 0.325. The number of rotatable bonds is 2. The number of hydrogen-bond donors (Lipinski definition) is 1. The average molecular weight is 252 g/mol. The van der Waals surface area contributed by atoms with Crippen molar-refractivity contribution in [2.24, 2.45) is 0 Å². The van der Waals surface area contributed by atoms with Gasteiger partial charge in [-0.25, -0.2) is 4.79 Å².